The number of carbonyl (C=O) groups is 2. The van der Waals surface area contributed by atoms with Crippen molar-refractivity contribution >= 4 is 35.1 Å². The lowest BCUT2D eigenvalue weighted by Gasteiger charge is -2.21. The van der Waals surface area contributed by atoms with Crippen LogP contribution < -0.4 is 15.2 Å². The van der Waals surface area contributed by atoms with Crippen LogP contribution in [-0.2, 0) is 9.59 Å². The molecule has 2 amide bonds. The average Bonchev–Trinajstić information content (AvgIpc) is 3.05. The third kappa shape index (κ3) is 5.02. The molecule has 2 aromatic carbocycles. The first-order valence-electron chi connectivity index (χ1n) is 10.6. The number of amides is 2. The van der Waals surface area contributed by atoms with Gasteiger partial charge in [-0.15, -0.1) is 5.10 Å². The maximum absolute atomic E-state index is 13.2. The molecule has 1 aliphatic heterocycles. The number of anilines is 2. The molecule has 0 saturated heterocycles. The highest BCUT2D eigenvalue weighted by molar-refractivity contribution is 6.34. The van der Waals surface area contributed by atoms with Crippen molar-refractivity contribution in [3.8, 4) is 0 Å². The molecule has 1 N–H and O–H groups in total. The smallest absolute Gasteiger partial charge is 0.282 e. The number of benzene rings is 2. The summed E-state index contributed by atoms with van der Waals surface area (Å²) < 4.78 is 0. The highest BCUT2D eigenvalue weighted by atomic mass is 16.2. The van der Waals surface area contributed by atoms with Crippen molar-refractivity contribution in [2.24, 2.45) is 10.5 Å². The number of hydrogen-bond donors (Lipinski definition) is 1. The van der Waals surface area contributed by atoms with Crippen molar-refractivity contribution in [2.45, 2.75) is 34.6 Å². The lowest BCUT2D eigenvalue weighted by atomic mass is 9.95. The van der Waals surface area contributed by atoms with Gasteiger partial charge < -0.3 is 10.2 Å². The van der Waals surface area contributed by atoms with E-state index in [1.54, 1.807) is 6.08 Å². The van der Waals surface area contributed by atoms with Crippen molar-refractivity contribution in [1.29, 1.82) is 0 Å². The Morgan fingerprint density at radius 2 is 1.65 bits per heavy atom. The SMILES string of the molecule is CCN(CC)c1ccc(/C=C2\C(=O)N(c3ccccc3)N=C2NC(=O)C(C)(C)C)cc1. The second kappa shape index (κ2) is 9.16. The van der Waals surface area contributed by atoms with E-state index in [-0.39, 0.29) is 17.6 Å². The quantitative estimate of drug-likeness (QED) is 0.730. The van der Waals surface area contributed by atoms with Crippen LogP contribution in [0, 0.1) is 5.41 Å². The molecule has 0 radical (unpaired) electrons. The van der Waals surface area contributed by atoms with Gasteiger partial charge in [-0.2, -0.15) is 5.01 Å². The molecule has 2 aromatic rings. The molecule has 0 atom stereocenters. The Balaban J connectivity index is 1.96. The van der Waals surface area contributed by atoms with Crippen LogP contribution in [0.5, 0.6) is 0 Å². The standard InChI is InChI=1S/C25H30N4O2/c1-6-28(7-2)19-15-13-18(14-16-19)17-21-22(26-24(31)25(3,4)5)27-29(23(21)30)20-11-9-8-10-12-20/h8-17H,6-7H2,1-5H3,(H,26,27,31)/b21-17-. The van der Waals surface area contributed by atoms with Gasteiger partial charge in [0.25, 0.3) is 5.91 Å². The summed E-state index contributed by atoms with van der Waals surface area (Å²) in [4.78, 5) is 28.1. The van der Waals surface area contributed by atoms with Gasteiger partial charge in [-0.3, -0.25) is 9.59 Å². The van der Waals surface area contributed by atoms with E-state index in [0.29, 0.717) is 11.3 Å². The summed E-state index contributed by atoms with van der Waals surface area (Å²) in [5.74, 6) is -0.207. The monoisotopic (exact) mass is 418 g/mol. The summed E-state index contributed by atoms with van der Waals surface area (Å²) in [5, 5.41) is 8.60. The Morgan fingerprint density at radius 1 is 1.03 bits per heavy atom. The first-order valence-corrected chi connectivity index (χ1v) is 10.6. The summed E-state index contributed by atoms with van der Waals surface area (Å²) in [6.07, 6.45) is 1.78. The summed E-state index contributed by atoms with van der Waals surface area (Å²) in [6.45, 7) is 11.6. The van der Waals surface area contributed by atoms with E-state index in [0.717, 1.165) is 24.3 Å². The lowest BCUT2D eigenvalue weighted by molar-refractivity contribution is -0.126. The van der Waals surface area contributed by atoms with E-state index < -0.39 is 5.41 Å². The minimum absolute atomic E-state index is 0.197. The van der Waals surface area contributed by atoms with Crippen molar-refractivity contribution in [3.63, 3.8) is 0 Å². The number of carbonyl (C=O) groups excluding carboxylic acids is 2. The van der Waals surface area contributed by atoms with Gasteiger partial charge in [-0.05, 0) is 49.8 Å². The zero-order valence-electron chi connectivity index (χ0n) is 18.8. The molecule has 0 aromatic heterocycles. The molecule has 6 nitrogen and oxygen atoms in total. The Hall–Kier alpha value is -3.41. The summed E-state index contributed by atoms with van der Waals surface area (Å²) in [6, 6.07) is 17.2. The van der Waals surface area contributed by atoms with E-state index in [4.69, 9.17) is 0 Å². The predicted molar refractivity (Wildman–Crippen MR) is 127 cm³/mol. The van der Waals surface area contributed by atoms with Crippen molar-refractivity contribution in [3.05, 3.63) is 65.7 Å². The highest BCUT2D eigenvalue weighted by Crippen LogP contribution is 2.25. The van der Waals surface area contributed by atoms with Gasteiger partial charge >= 0.3 is 0 Å². The molecule has 1 aliphatic rings. The van der Waals surface area contributed by atoms with Crippen LogP contribution in [0.15, 0.2) is 65.3 Å². The van der Waals surface area contributed by atoms with Gasteiger partial charge in [-0.25, -0.2) is 0 Å². The minimum atomic E-state index is -0.609. The van der Waals surface area contributed by atoms with E-state index in [1.807, 2.05) is 75.4 Å². The fourth-order valence-electron chi connectivity index (χ4n) is 3.21. The molecule has 0 saturated carbocycles. The Labute approximate surface area is 184 Å². The Morgan fingerprint density at radius 3 is 2.19 bits per heavy atom. The number of amidine groups is 1. The number of nitrogens with zero attached hydrogens (tertiary/aromatic N) is 3. The molecule has 0 spiro atoms. The first-order chi connectivity index (χ1) is 14.7. The molecule has 31 heavy (non-hydrogen) atoms. The molecule has 0 bridgehead atoms. The van der Waals surface area contributed by atoms with Crippen LogP contribution in [0.3, 0.4) is 0 Å². The molecule has 0 fully saturated rings. The molecule has 3 rings (SSSR count). The topological polar surface area (TPSA) is 65.0 Å². The number of para-hydroxylation sites is 1. The van der Waals surface area contributed by atoms with Gasteiger partial charge in [0, 0.05) is 24.2 Å². The van der Waals surface area contributed by atoms with Crippen LogP contribution in [0.1, 0.15) is 40.2 Å². The highest BCUT2D eigenvalue weighted by Gasteiger charge is 2.34. The maximum Gasteiger partial charge on any atom is 0.282 e. The van der Waals surface area contributed by atoms with Crippen molar-refractivity contribution in [1.82, 2.24) is 5.32 Å². The molecular formula is C25H30N4O2. The van der Waals surface area contributed by atoms with Gasteiger partial charge in [0.05, 0.1) is 11.3 Å². The third-order valence-corrected chi connectivity index (χ3v) is 5.12. The summed E-state index contributed by atoms with van der Waals surface area (Å²) >= 11 is 0. The van der Waals surface area contributed by atoms with E-state index in [1.165, 1.54) is 5.01 Å². The van der Waals surface area contributed by atoms with Gasteiger partial charge in [0.15, 0.2) is 5.84 Å². The van der Waals surface area contributed by atoms with Crippen molar-refractivity contribution in [2.75, 3.05) is 23.0 Å². The normalized spacial score (nSPS) is 15.3. The largest absolute Gasteiger partial charge is 0.372 e. The van der Waals surface area contributed by atoms with Crippen LogP contribution in [0.4, 0.5) is 11.4 Å². The fraction of sp³-hybridized carbons (Fsp3) is 0.320. The second-order valence-corrected chi connectivity index (χ2v) is 8.43. The number of hydrogen-bond acceptors (Lipinski definition) is 4. The molecule has 6 heteroatoms. The van der Waals surface area contributed by atoms with E-state index in [9.17, 15) is 9.59 Å². The van der Waals surface area contributed by atoms with Gasteiger partial charge in [-0.1, -0.05) is 51.1 Å². The summed E-state index contributed by atoms with van der Waals surface area (Å²) in [5.41, 5.74) is 2.40. The zero-order valence-corrected chi connectivity index (χ0v) is 18.8. The van der Waals surface area contributed by atoms with Gasteiger partial charge in [0.2, 0.25) is 5.91 Å². The number of rotatable bonds is 5. The molecular weight excluding hydrogens is 388 g/mol. The fourth-order valence-corrected chi connectivity index (χ4v) is 3.21. The van der Waals surface area contributed by atoms with E-state index in [2.05, 4.69) is 29.2 Å². The molecule has 162 valence electrons. The van der Waals surface area contributed by atoms with Crippen LogP contribution in [0.25, 0.3) is 6.08 Å². The third-order valence-electron chi connectivity index (χ3n) is 5.12. The van der Waals surface area contributed by atoms with Gasteiger partial charge in [0.1, 0.15) is 0 Å². The molecule has 0 unspecified atom stereocenters. The molecule has 1 heterocycles. The summed E-state index contributed by atoms with van der Waals surface area (Å²) in [7, 11) is 0. The van der Waals surface area contributed by atoms with E-state index >= 15 is 0 Å². The predicted octanol–water partition coefficient (Wildman–Crippen LogP) is 4.44. The first kappa shape index (κ1) is 22.3. The average molecular weight is 419 g/mol. The van der Waals surface area contributed by atoms with Crippen LogP contribution in [0.2, 0.25) is 0 Å². The maximum atomic E-state index is 13.2. The number of hydrazone groups is 1. The molecule has 0 aliphatic carbocycles. The Kier molecular flexibility index (Phi) is 6.59. The second-order valence-electron chi connectivity index (χ2n) is 8.43. The Bertz CT molecular complexity index is 998. The minimum Gasteiger partial charge on any atom is -0.372 e. The van der Waals surface area contributed by atoms with Crippen LogP contribution >= 0.6 is 0 Å². The van der Waals surface area contributed by atoms with Crippen LogP contribution in [-0.4, -0.2) is 30.7 Å². The van der Waals surface area contributed by atoms with Crippen molar-refractivity contribution < 1.29 is 9.59 Å². The lowest BCUT2D eigenvalue weighted by Crippen LogP contribution is -2.39. The zero-order chi connectivity index (χ0) is 22.6. The number of nitrogens with one attached hydrogen (secondary N) is 1.